The molecular formula is C19H38N3+3. The Morgan fingerprint density at radius 2 is 1.14 bits per heavy atom. The minimum atomic E-state index is 1.22. The van der Waals surface area contributed by atoms with Gasteiger partial charge in [-0.05, 0) is 12.0 Å². The first-order valence-corrected chi connectivity index (χ1v) is 9.03. The van der Waals surface area contributed by atoms with E-state index in [1.807, 2.05) is 0 Å². The molecule has 0 aliphatic rings. The van der Waals surface area contributed by atoms with Crippen molar-refractivity contribution in [2.75, 3.05) is 60.9 Å². The first-order valence-electron chi connectivity index (χ1n) is 9.03. The molecule has 0 bridgehead atoms. The van der Waals surface area contributed by atoms with Gasteiger partial charge in [0.15, 0.2) is 0 Å². The largest absolute Gasteiger partial charge is 0.340 e. The van der Waals surface area contributed by atoms with Crippen molar-refractivity contribution in [3.05, 3.63) is 35.9 Å². The Morgan fingerprint density at radius 1 is 0.636 bits per heavy atom. The number of quaternary nitrogens is 3. The Hall–Kier alpha value is -0.900. The maximum atomic E-state index is 2.25. The van der Waals surface area contributed by atoms with Crippen LogP contribution in [0.25, 0.3) is 0 Å². The summed E-state index contributed by atoms with van der Waals surface area (Å²) < 4.78 is 0. The van der Waals surface area contributed by atoms with Crippen molar-refractivity contribution in [2.45, 2.75) is 25.7 Å². The third-order valence-corrected chi connectivity index (χ3v) is 4.25. The topological polar surface area (TPSA) is 13.3 Å². The quantitative estimate of drug-likeness (QED) is 0.419. The molecule has 1 aromatic carbocycles. The summed E-state index contributed by atoms with van der Waals surface area (Å²) in [5.74, 6) is 0. The summed E-state index contributed by atoms with van der Waals surface area (Å²) in [6.07, 6.45) is 5.22. The van der Waals surface area contributed by atoms with E-state index in [1.165, 1.54) is 64.0 Å². The molecule has 0 fully saturated rings. The van der Waals surface area contributed by atoms with Gasteiger partial charge in [-0.15, -0.1) is 0 Å². The Labute approximate surface area is 137 Å². The Balaban J connectivity index is 2.29. The van der Waals surface area contributed by atoms with Crippen molar-refractivity contribution in [3.63, 3.8) is 0 Å². The van der Waals surface area contributed by atoms with Gasteiger partial charge in [-0.2, -0.15) is 0 Å². The minimum Gasteiger partial charge on any atom is -0.340 e. The highest BCUT2D eigenvalue weighted by molar-refractivity contribution is 5.14. The van der Waals surface area contributed by atoms with Gasteiger partial charge < -0.3 is 14.7 Å². The zero-order chi connectivity index (χ0) is 16.2. The maximum Gasteiger partial charge on any atom is 0.0825 e. The van der Waals surface area contributed by atoms with Gasteiger partial charge in [-0.1, -0.05) is 30.3 Å². The summed E-state index contributed by atoms with van der Waals surface area (Å²) in [4.78, 5) is 4.95. The summed E-state index contributed by atoms with van der Waals surface area (Å²) in [6.45, 7) is 6.58. The van der Waals surface area contributed by atoms with E-state index in [4.69, 9.17) is 0 Å². The average Bonchev–Trinajstić information content (AvgIpc) is 2.47. The Morgan fingerprint density at radius 3 is 1.64 bits per heavy atom. The van der Waals surface area contributed by atoms with E-state index in [0.29, 0.717) is 0 Å². The van der Waals surface area contributed by atoms with E-state index in [2.05, 4.69) is 58.5 Å². The molecule has 22 heavy (non-hydrogen) atoms. The maximum absolute atomic E-state index is 2.25. The number of hydrogen-bond donors (Lipinski definition) is 3. The fourth-order valence-corrected chi connectivity index (χ4v) is 2.95. The Kier molecular flexibility index (Phi) is 10.1. The fourth-order valence-electron chi connectivity index (χ4n) is 2.95. The first kappa shape index (κ1) is 19.1. The van der Waals surface area contributed by atoms with Crippen molar-refractivity contribution in [1.82, 2.24) is 0 Å². The summed E-state index contributed by atoms with van der Waals surface area (Å²) in [6, 6.07) is 10.9. The van der Waals surface area contributed by atoms with Crippen LogP contribution in [0.15, 0.2) is 30.3 Å². The average molecular weight is 309 g/mol. The molecule has 0 aromatic heterocycles. The molecule has 0 saturated heterocycles. The van der Waals surface area contributed by atoms with Crippen molar-refractivity contribution in [2.24, 2.45) is 0 Å². The molecule has 0 aliphatic heterocycles. The van der Waals surface area contributed by atoms with E-state index in [0.717, 1.165) is 0 Å². The fraction of sp³-hybridized carbons (Fsp3) is 0.684. The molecule has 1 rings (SSSR count). The molecule has 3 nitrogen and oxygen atoms in total. The third kappa shape index (κ3) is 9.93. The lowest BCUT2D eigenvalue weighted by Gasteiger charge is -2.20. The van der Waals surface area contributed by atoms with Gasteiger partial charge in [0, 0.05) is 19.3 Å². The molecule has 0 heterocycles. The molecule has 0 saturated carbocycles. The van der Waals surface area contributed by atoms with E-state index in [-0.39, 0.29) is 0 Å². The van der Waals surface area contributed by atoms with Gasteiger partial charge in [0.25, 0.3) is 0 Å². The predicted molar refractivity (Wildman–Crippen MR) is 94.9 cm³/mol. The second kappa shape index (κ2) is 11.6. The number of benzene rings is 1. The van der Waals surface area contributed by atoms with Crippen LogP contribution in [-0.4, -0.2) is 60.9 Å². The van der Waals surface area contributed by atoms with E-state index < -0.39 is 0 Å². The highest BCUT2D eigenvalue weighted by Gasteiger charge is 2.10. The van der Waals surface area contributed by atoms with Crippen LogP contribution < -0.4 is 14.7 Å². The van der Waals surface area contributed by atoms with Crippen LogP contribution in [0.5, 0.6) is 0 Å². The molecule has 0 radical (unpaired) electrons. The van der Waals surface area contributed by atoms with Gasteiger partial charge in [-0.3, -0.25) is 0 Å². The van der Waals surface area contributed by atoms with Gasteiger partial charge >= 0.3 is 0 Å². The van der Waals surface area contributed by atoms with Gasteiger partial charge in [-0.25, -0.2) is 0 Å². The SMILES string of the molecule is C[NH+](C)CCC[NH+](CCCc1ccccc1)CCC[NH+](C)C. The predicted octanol–water partition coefficient (Wildman–Crippen LogP) is -1.43. The summed E-state index contributed by atoms with van der Waals surface area (Å²) in [7, 11) is 9.02. The molecule has 0 aliphatic carbocycles. The van der Waals surface area contributed by atoms with Crippen LogP contribution in [0.4, 0.5) is 0 Å². The lowest BCUT2D eigenvalue weighted by Crippen LogP contribution is -3.14. The third-order valence-electron chi connectivity index (χ3n) is 4.25. The molecule has 3 N–H and O–H groups in total. The van der Waals surface area contributed by atoms with Crippen LogP contribution in [-0.2, 0) is 6.42 Å². The van der Waals surface area contributed by atoms with Gasteiger partial charge in [0.2, 0.25) is 0 Å². The van der Waals surface area contributed by atoms with Crippen LogP contribution in [0, 0.1) is 0 Å². The van der Waals surface area contributed by atoms with Crippen molar-refractivity contribution in [3.8, 4) is 0 Å². The zero-order valence-corrected chi connectivity index (χ0v) is 15.3. The molecule has 0 unspecified atom stereocenters. The van der Waals surface area contributed by atoms with E-state index >= 15 is 0 Å². The molecule has 126 valence electrons. The van der Waals surface area contributed by atoms with Crippen LogP contribution in [0.2, 0.25) is 0 Å². The van der Waals surface area contributed by atoms with Crippen LogP contribution >= 0.6 is 0 Å². The summed E-state index contributed by atoms with van der Waals surface area (Å²) in [5.41, 5.74) is 1.48. The number of nitrogens with one attached hydrogen (secondary N) is 3. The number of rotatable bonds is 12. The van der Waals surface area contributed by atoms with Gasteiger partial charge in [0.05, 0.1) is 60.9 Å². The lowest BCUT2D eigenvalue weighted by molar-refractivity contribution is -0.914. The summed E-state index contributed by atoms with van der Waals surface area (Å²) >= 11 is 0. The molecule has 1 aromatic rings. The zero-order valence-electron chi connectivity index (χ0n) is 15.3. The monoisotopic (exact) mass is 308 g/mol. The second-order valence-corrected chi connectivity index (χ2v) is 7.21. The van der Waals surface area contributed by atoms with E-state index in [1.54, 1.807) is 14.7 Å². The smallest absolute Gasteiger partial charge is 0.0825 e. The van der Waals surface area contributed by atoms with Crippen LogP contribution in [0.1, 0.15) is 24.8 Å². The molecule has 0 atom stereocenters. The second-order valence-electron chi connectivity index (χ2n) is 7.21. The highest BCUT2D eigenvalue weighted by atomic mass is 15.1. The van der Waals surface area contributed by atoms with Crippen molar-refractivity contribution in [1.29, 1.82) is 0 Å². The van der Waals surface area contributed by atoms with E-state index in [9.17, 15) is 0 Å². The Bertz CT molecular complexity index is 348. The molecule has 0 spiro atoms. The lowest BCUT2D eigenvalue weighted by atomic mass is 10.1. The van der Waals surface area contributed by atoms with Gasteiger partial charge in [0.1, 0.15) is 0 Å². The minimum absolute atomic E-state index is 1.22. The number of hydrogen-bond acceptors (Lipinski definition) is 0. The normalized spacial score (nSPS) is 11.8. The standard InChI is InChI=1S/C19H35N3/c1-20(2)14-9-17-22(18-10-15-21(3)4)16-8-13-19-11-6-5-7-12-19/h5-7,11-12H,8-10,13-18H2,1-4H3/p+3. The van der Waals surface area contributed by atoms with Crippen LogP contribution in [0.3, 0.4) is 0 Å². The van der Waals surface area contributed by atoms with Crippen molar-refractivity contribution < 1.29 is 14.7 Å². The number of aryl methyl sites for hydroxylation is 1. The highest BCUT2D eigenvalue weighted by Crippen LogP contribution is 2.00. The summed E-state index contributed by atoms with van der Waals surface area (Å²) in [5, 5.41) is 0. The van der Waals surface area contributed by atoms with Crippen molar-refractivity contribution >= 4 is 0 Å². The molecular weight excluding hydrogens is 270 g/mol. The molecule has 3 heteroatoms. The molecule has 0 amide bonds. The first-order chi connectivity index (χ1) is 10.6.